The number of likely N-dealkylation sites (N-methyl/N-ethyl adjacent to an activating group) is 1. The van der Waals surface area contributed by atoms with Crippen molar-refractivity contribution in [1.82, 2.24) is 25.1 Å². The van der Waals surface area contributed by atoms with E-state index in [0.29, 0.717) is 74.2 Å². The Bertz CT molecular complexity index is 1680. The maximum atomic E-state index is 13.4. The molecule has 1 atom stereocenters. The largest absolute Gasteiger partial charge is 0.495 e. The molecular weight excluding hydrogens is 713 g/mol. The Hall–Kier alpha value is -4.61. The third-order valence-corrected chi connectivity index (χ3v) is 10.7. The van der Waals surface area contributed by atoms with E-state index in [1.165, 1.54) is 0 Å². The highest BCUT2D eigenvalue weighted by Crippen LogP contribution is 2.40. The van der Waals surface area contributed by atoms with Crippen molar-refractivity contribution in [2.75, 3.05) is 75.2 Å². The van der Waals surface area contributed by atoms with E-state index in [1.807, 2.05) is 27.7 Å². The van der Waals surface area contributed by atoms with Crippen molar-refractivity contribution in [3.05, 3.63) is 30.0 Å². The normalized spacial score (nSPS) is 18.0. The van der Waals surface area contributed by atoms with E-state index in [2.05, 4.69) is 31.3 Å². The van der Waals surface area contributed by atoms with Crippen molar-refractivity contribution in [2.24, 2.45) is 0 Å². The molecule has 0 spiro atoms. The number of unbranched alkanes of at least 4 members (excludes halogenated alkanes) is 1. The number of anilines is 4. The lowest BCUT2D eigenvalue weighted by molar-refractivity contribution is -0.120. The van der Waals surface area contributed by atoms with Crippen molar-refractivity contribution < 1.29 is 28.6 Å². The summed E-state index contributed by atoms with van der Waals surface area (Å²) in [5.41, 5.74) is 1.25. The fourth-order valence-corrected chi connectivity index (χ4v) is 7.69. The highest BCUT2D eigenvalue weighted by molar-refractivity contribution is 6.04. The molecule has 14 nitrogen and oxygen atoms in total. The molecule has 2 aliphatic heterocycles. The Morgan fingerprint density at radius 1 is 1.07 bits per heavy atom. The lowest BCUT2D eigenvalue weighted by atomic mass is 10.0. The Kier molecular flexibility index (Phi) is 15.2. The zero-order valence-electron chi connectivity index (χ0n) is 34.3. The van der Waals surface area contributed by atoms with Gasteiger partial charge in [0.25, 0.3) is 5.91 Å². The first kappa shape index (κ1) is 42.5. The van der Waals surface area contributed by atoms with E-state index in [0.717, 1.165) is 70.4 Å². The molecule has 2 aromatic rings. The van der Waals surface area contributed by atoms with Gasteiger partial charge in [-0.25, -0.2) is 9.78 Å². The van der Waals surface area contributed by atoms with E-state index in [9.17, 15) is 14.4 Å². The van der Waals surface area contributed by atoms with E-state index < -0.39 is 5.60 Å². The average Bonchev–Trinajstić information content (AvgIpc) is 3.71. The molecular formula is C42H62N8O6. The molecule has 2 fully saturated rings. The number of hydrogen-bond acceptors (Lipinski definition) is 11. The van der Waals surface area contributed by atoms with Gasteiger partial charge in [-0.15, -0.1) is 12.3 Å². The summed E-state index contributed by atoms with van der Waals surface area (Å²) >= 11 is 0. The van der Waals surface area contributed by atoms with Crippen molar-refractivity contribution >= 4 is 41.0 Å². The number of ether oxygens (including phenoxy) is 3. The number of rotatable bonds is 17. The molecule has 0 radical (unpaired) electrons. The van der Waals surface area contributed by atoms with Gasteiger partial charge in [0.2, 0.25) is 11.9 Å². The first-order chi connectivity index (χ1) is 26.9. The van der Waals surface area contributed by atoms with Gasteiger partial charge in [0.1, 0.15) is 23.1 Å². The standard InChI is InChI=1S/C42H62N8O6/c1-8-10-13-26-55-27-14-21-49(41(53)56-42(3,4)5)25-24-48-22-19-31(20-23-48)44-38(51)30-17-18-33(36(28-30)54-7)45-40-43-29-35-37(46-40)50(32-15-11-12-16-32)34(9-2)39(52)47(35)6/h1,17-18,28-29,31-32,34H,9-16,19-27H2,2-7H3,(H,44,51)(H,43,45,46)/t34-/m1/s1. The molecule has 1 aromatic heterocycles. The molecule has 1 saturated heterocycles. The van der Waals surface area contributed by atoms with Gasteiger partial charge in [0.15, 0.2) is 5.82 Å². The second-order valence-corrected chi connectivity index (χ2v) is 15.9. The number of likely N-dealkylation sites (tertiary alicyclic amines) is 1. The summed E-state index contributed by atoms with van der Waals surface area (Å²) < 4.78 is 17.1. The molecule has 1 saturated carbocycles. The molecule has 56 heavy (non-hydrogen) atoms. The van der Waals surface area contributed by atoms with E-state index >= 15 is 0 Å². The summed E-state index contributed by atoms with van der Waals surface area (Å²) in [5.74, 6) is 4.17. The lowest BCUT2D eigenvalue weighted by Crippen LogP contribution is -2.55. The van der Waals surface area contributed by atoms with Crippen molar-refractivity contribution in [3.63, 3.8) is 0 Å². The fraction of sp³-hybridized carbons (Fsp3) is 0.643. The van der Waals surface area contributed by atoms with E-state index in [1.54, 1.807) is 48.4 Å². The fourth-order valence-electron chi connectivity index (χ4n) is 7.69. The zero-order valence-corrected chi connectivity index (χ0v) is 34.3. The van der Waals surface area contributed by atoms with Crippen LogP contribution in [0.15, 0.2) is 24.4 Å². The van der Waals surface area contributed by atoms with Crippen LogP contribution in [0, 0.1) is 12.3 Å². The Morgan fingerprint density at radius 2 is 1.80 bits per heavy atom. The van der Waals surface area contributed by atoms with Gasteiger partial charge >= 0.3 is 6.09 Å². The summed E-state index contributed by atoms with van der Waals surface area (Å²) in [6.07, 6.45) is 15.6. The number of hydrogen-bond donors (Lipinski definition) is 2. The van der Waals surface area contributed by atoms with Gasteiger partial charge in [-0.2, -0.15) is 4.98 Å². The van der Waals surface area contributed by atoms with Gasteiger partial charge < -0.3 is 44.4 Å². The predicted molar refractivity (Wildman–Crippen MR) is 219 cm³/mol. The Morgan fingerprint density at radius 3 is 2.48 bits per heavy atom. The minimum absolute atomic E-state index is 0.0276. The van der Waals surface area contributed by atoms with Crippen LogP contribution >= 0.6 is 0 Å². The summed E-state index contributed by atoms with van der Waals surface area (Å²) in [4.78, 5) is 57.2. The van der Waals surface area contributed by atoms with Crippen LogP contribution in [-0.2, 0) is 14.3 Å². The predicted octanol–water partition coefficient (Wildman–Crippen LogP) is 5.98. The second kappa shape index (κ2) is 20.0. The minimum Gasteiger partial charge on any atom is -0.495 e. The Balaban J connectivity index is 1.14. The first-order valence-corrected chi connectivity index (χ1v) is 20.3. The van der Waals surface area contributed by atoms with Crippen molar-refractivity contribution in [1.29, 1.82) is 0 Å². The number of carbonyl (C=O) groups is 3. The van der Waals surface area contributed by atoms with Crippen LogP contribution < -0.4 is 25.2 Å². The summed E-state index contributed by atoms with van der Waals surface area (Å²) in [6, 6.07) is 5.34. The second-order valence-electron chi connectivity index (χ2n) is 15.9. The average molecular weight is 775 g/mol. The van der Waals surface area contributed by atoms with Gasteiger partial charge in [-0.1, -0.05) is 19.8 Å². The maximum absolute atomic E-state index is 13.4. The minimum atomic E-state index is -0.579. The van der Waals surface area contributed by atoms with Crippen molar-refractivity contribution in [2.45, 2.75) is 116 Å². The SMILES string of the molecule is C#CCCCOCCCN(CCN1CCC(NC(=O)c2ccc(Nc3ncc4c(n3)N(C3CCCC3)[C@H](CC)C(=O)N4C)c(OC)c2)CC1)C(=O)OC(C)(C)C. The zero-order chi connectivity index (χ0) is 40.2. The number of fused-ring (bicyclic) bond motifs is 1. The van der Waals surface area contributed by atoms with Gasteiger partial charge in [-0.05, 0) is 83.9 Å². The smallest absolute Gasteiger partial charge is 0.410 e. The number of piperidine rings is 1. The van der Waals surface area contributed by atoms with Crippen LogP contribution in [0.25, 0.3) is 0 Å². The van der Waals surface area contributed by atoms with Gasteiger partial charge in [-0.3, -0.25) is 9.59 Å². The van der Waals surface area contributed by atoms with Crippen LogP contribution in [0.2, 0.25) is 0 Å². The molecule has 14 heteroatoms. The molecule has 5 rings (SSSR count). The van der Waals surface area contributed by atoms with Crippen LogP contribution in [0.5, 0.6) is 5.75 Å². The van der Waals surface area contributed by atoms with E-state index in [4.69, 9.17) is 25.6 Å². The molecule has 0 unspecified atom stereocenters. The number of terminal acetylenes is 1. The van der Waals surface area contributed by atoms with Crippen LogP contribution in [0.3, 0.4) is 0 Å². The summed E-state index contributed by atoms with van der Waals surface area (Å²) in [6.45, 7) is 12.3. The quantitative estimate of drug-likeness (QED) is 0.145. The number of aromatic nitrogens is 2. The third kappa shape index (κ3) is 11.3. The number of nitrogens with zero attached hydrogens (tertiary/aromatic N) is 6. The number of carbonyl (C=O) groups excluding carboxylic acids is 3. The van der Waals surface area contributed by atoms with Gasteiger partial charge in [0, 0.05) is 77.1 Å². The molecule has 1 aliphatic carbocycles. The van der Waals surface area contributed by atoms with Crippen molar-refractivity contribution in [3.8, 4) is 18.1 Å². The topological polar surface area (TPSA) is 142 Å². The van der Waals surface area contributed by atoms with Crippen LogP contribution in [-0.4, -0.2) is 121 Å². The molecule has 306 valence electrons. The molecule has 3 heterocycles. The number of benzene rings is 1. The Labute approximate surface area is 333 Å². The molecule has 1 aromatic carbocycles. The summed E-state index contributed by atoms with van der Waals surface area (Å²) in [7, 11) is 3.36. The highest BCUT2D eigenvalue weighted by atomic mass is 16.6. The molecule has 2 N–H and O–H groups in total. The molecule has 3 amide bonds. The highest BCUT2D eigenvalue weighted by Gasteiger charge is 2.41. The maximum Gasteiger partial charge on any atom is 0.410 e. The van der Waals surface area contributed by atoms with Crippen LogP contribution in [0.1, 0.15) is 102 Å². The first-order valence-electron chi connectivity index (χ1n) is 20.3. The number of methoxy groups -OCH3 is 1. The van der Waals surface area contributed by atoms with E-state index in [-0.39, 0.29) is 36.0 Å². The third-order valence-electron chi connectivity index (χ3n) is 10.7. The molecule has 0 bridgehead atoms. The number of nitrogens with one attached hydrogen (secondary N) is 2. The molecule has 3 aliphatic rings. The van der Waals surface area contributed by atoms with Crippen LogP contribution in [0.4, 0.5) is 27.9 Å². The lowest BCUT2D eigenvalue weighted by Gasteiger charge is -2.43. The van der Waals surface area contributed by atoms with Gasteiger partial charge in [0.05, 0.1) is 19.0 Å². The summed E-state index contributed by atoms with van der Waals surface area (Å²) in [5, 5.41) is 6.51. The number of amides is 3. The monoisotopic (exact) mass is 774 g/mol.